The van der Waals surface area contributed by atoms with Crippen LogP contribution in [-0.2, 0) is 0 Å². The fourth-order valence-corrected chi connectivity index (χ4v) is 2.26. The van der Waals surface area contributed by atoms with Crippen molar-refractivity contribution in [2.24, 2.45) is 0 Å². The normalized spacial score (nSPS) is 10.5. The number of anilines is 4. The third kappa shape index (κ3) is 3.84. The summed E-state index contributed by atoms with van der Waals surface area (Å²) in [7, 11) is 0. The van der Waals surface area contributed by atoms with Gasteiger partial charge in [0.2, 0.25) is 5.95 Å². The van der Waals surface area contributed by atoms with Gasteiger partial charge in [0, 0.05) is 29.2 Å². The lowest BCUT2D eigenvalue weighted by Crippen LogP contribution is -2.02. The molecule has 0 bridgehead atoms. The van der Waals surface area contributed by atoms with Crippen molar-refractivity contribution in [3.63, 3.8) is 0 Å². The molecule has 6 heteroatoms. The molecule has 0 aliphatic heterocycles. The molecule has 0 atom stereocenters. The number of hydrogen-bond acceptors (Lipinski definition) is 4. The number of halogens is 2. The van der Waals surface area contributed by atoms with Gasteiger partial charge in [-0.05, 0) is 43.7 Å². The summed E-state index contributed by atoms with van der Waals surface area (Å²) >= 11 is 0. The molecule has 1 aromatic heterocycles. The third-order valence-electron chi connectivity index (χ3n) is 3.32. The van der Waals surface area contributed by atoms with Gasteiger partial charge in [0.25, 0.3) is 0 Å². The monoisotopic (exact) mass is 326 g/mol. The highest BCUT2D eigenvalue weighted by Gasteiger charge is 2.06. The second kappa shape index (κ2) is 6.62. The average Bonchev–Trinajstić information content (AvgIpc) is 2.50. The molecule has 0 aliphatic carbocycles. The van der Waals surface area contributed by atoms with Crippen molar-refractivity contribution in [1.29, 1.82) is 0 Å². The van der Waals surface area contributed by atoms with Crippen molar-refractivity contribution in [2.75, 3.05) is 10.6 Å². The van der Waals surface area contributed by atoms with Gasteiger partial charge in [-0.25, -0.2) is 13.8 Å². The zero-order chi connectivity index (χ0) is 17.1. The predicted octanol–water partition coefficient (Wildman–Crippen LogP) is 4.86. The van der Waals surface area contributed by atoms with Crippen LogP contribution < -0.4 is 10.6 Å². The maximum atomic E-state index is 13.3. The fraction of sp³-hybridized carbons (Fsp3) is 0.111. The highest BCUT2D eigenvalue weighted by molar-refractivity contribution is 5.60. The number of rotatable bonds is 4. The van der Waals surface area contributed by atoms with Crippen LogP contribution in [0, 0.1) is 25.5 Å². The molecule has 0 aliphatic rings. The van der Waals surface area contributed by atoms with Crippen molar-refractivity contribution >= 4 is 23.1 Å². The van der Waals surface area contributed by atoms with Crippen LogP contribution in [0.5, 0.6) is 0 Å². The first kappa shape index (κ1) is 15.9. The zero-order valence-electron chi connectivity index (χ0n) is 13.3. The van der Waals surface area contributed by atoms with E-state index < -0.39 is 11.6 Å². The zero-order valence-corrected chi connectivity index (χ0v) is 13.3. The molecular weight excluding hydrogens is 310 g/mol. The van der Waals surface area contributed by atoms with Crippen LogP contribution in [0.3, 0.4) is 0 Å². The van der Waals surface area contributed by atoms with Crippen LogP contribution in [0.2, 0.25) is 0 Å². The molecule has 0 saturated carbocycles. The van der Waals surface area contributed by atoms with Crippen LogP contribution in [0.25, 0.3) is 0 Å². The summed E-state index contributed by atoms with van der Waals surface area (Å²) < 4.78 is 26.3. The van der Waals surface area contributed by atoms with E-state index in [1.165, 1.54) is 6.07 Å². The van der Waals surface area contributed by atoms with Crippen molar-refractivity contribution in [1.82, 2.24) is 9.97 Å². The number of hydrogen-bond donors (Lipinski definition) is 2. The standard InChI is InChI=1S/C18H16F2N4/c1-11-4-3-5-13(8-11)23-18-21-12(2)9-17(24-18)22-14-6-7-15(19)16(20)10-14/h3-10H,1-2H3,(H2,21,22,23,24). The van der Waals surface area contributed by atoms with Crippen LogP contribution in [0.1, 0.15) is 11.3 Å². The lowest BCUT2D eigenvalue weighted by atomic mass is 10.2. The van der Waals surface area contributed by atoms with Gasteiger partial charge >= 0.3 is 0 Å². The maximum absolute atomic E-state index is 13.3. The SMILES string of the molecule is Cc1cccc(Nc2nc(C)cc(Nc3ccc(F)c(F)c3)n2)c1. The first-order chi connectivity index (χ1) is 11.5. The summed E-state index contributed by atoms with van der Waals surface area (Å²) in [5.41, 5.74) is 3.14. The van der Waals surface area contributed by atoms with Crippen molar-refractivity contribution in [2.45, 2.75) is 13.8 Å². The summed E-state index contributed by atoms with van der Waals surface area (Å²) in [6.45, 7) is 3.83. The Morgan fingerprint density at radius 1 is 0.792 bits per heavy atom. The molecule has 24 heavy (non-hydrogen) atoms. The first-order valence-electron chi connectivity index (χ1n) is 7.41. The predicted molar refractivity (Wildman–Crippen MR) is 90.9 cm³/mol. The van der Waals surface area contributed by atoms with E-state index in [0.717, 1.165) is 29.1 Å². The average molecular weight is 326 g/mol. The molecule has 1 heterocycles. The molecule has 2 aromatic carbocycles. The summed E-state index contributed by atoms with van der Waals surface area (Å²) in [4.78, 5) is 8.69. The topological polar surface area (TPSA) is 49.8 Å². The summed E-state index contributed by atoms with van der Waals surface area (Å²) in [6, 6.07) is 13.2. The minimum Gasteiger partial charge on any atom is -0.340 e. The molecule has 4 nitrogen and oxygen atoms in total. The lowest BCUT2D eigenvalue weighted by Gasteiger charge is -2.10. The van der Waals surface area contributed by atoms with Gasteiger partial charge in [-0.2, -0.15) is 4.98 Å². The number of aryl methyl sites for hydroxylation is 2. The number of nitrogens with zero attached hydrogens (tertiary/aromatic N) is 2. The molecular formula is C18H16F2N4. The van der Waals surface area contributed by atoms with E-state index in [-0.39, 0.29) is 0 Å². The highest BCUT2D eigenvalue weighted by Crippen LogP contribution is 2.21. The minimum absolute atomic E-state index is 0.411. The van der Waals surface area contributed by atoms with E-state index in [1.807, 2.05) is 38.1 Å². The summed E-state index contributed by atoms with van der Waals surface area (Å²) in [5.74, 6) is -0.889. The molecule has 0 saturated heterocycles. The molecule has 2 N–H and O–H groups in total. The highest BCUT2D eigenvalue weighted by atomic mass is 19.2. The number of aromatic nitrogens is 2. The van der Waals surface area contributed by atoms with Gasteiger partial charge in [0.15, 0.2) is 11.6 Å². The maximum Gasteiger partial charge on any atom is 0.229 e. The molecule has 3 rings (SSSR count). The van der Waals surface area contributed by atoms with E-state index in [1.54, 1.807) is 6.07 Å². The Hall–Kier alpha value is -3.02. The van der Waals surface area contributed by atoms with Gasteiger partial charge in [-0.15, -0.1) is 0 Å². The van der Waals surface area contributed by atoms with E-state index in [4.69, 9.17) is 0 Å². The quantitative estimate of drug-likeness (QED) is 0.719. The number of nitrogens with one attached hydrogen (secondary N) is 2. The molecule has 0 radical (unpaired) electrons. The van der Waals surface area contributed by atoms with E-state index in [2.05, 4.69) is 20.6 Å². The Morgan fingerprint density at radius 2 is 1.58 bits per heavy atom. The molecule has 0 amide bonds. The number of benzene rings is 2. The van der Waals surface area contributed by atoms with Crippen LogP contribution in [-0.4, -0.2) is 9.97 Å². The van der Waals surface area contributed by atoms with Crippen molar-refractivity contribution in [3.8, 4) is 0 Å². The van der Waals surface area contributed by atoms with Crippen LogP contribution in [0.15, 0.2) is 48.5 Å². The fourth-order valence-electron chi connectivity index (χ4n) is 2.26. The van der Waals surface area contributed by atoms with Gasteiger partial charge in [0.05, 0.1) is 0 Å². The largest absolute Gasteiger partial charge is 0.340 e. The van der Waals surface area contributed by atoms with E-state index in [0.29, 0.717) is 17.5 Å². The van der Waals surface area contributed by atoms with E-state index in [9.17, 15) is 8.78 Å². The van der Waals surface area contributed by atoms with Crippen LogP contribution >= 0.6 is 0 Å². The van der Waals surface area contributed by atoms with Gasteiger partial charge in [-0.1, -0.05) is 12.1 Å². The summed E-state index contributed by atoms with van der Waals surface area (Å²) in [6.07, 6.45) is 0. The van der Waals surface area contributed by atoms with Gasteiger partial charge in [-0.3, -0.25) is 0 Å². The third-order valence-corrected chi connectivity index (χ3v) is 3.32. The Morgan fingerprint density at radius 3 is 2.33 bits per heavy atom. The second-order valence-electron chi connectivity index (χ2n) is 5.47. The summed E-state index contributed by atoms with van der Waals surface area (Å²) in [5, 5.41) is 6.09. The molecule has 122 valence electrons. The van der Waals surface area contributed by atoms with Gasteiger partial charge in [0.1, 0.15) is 5.82 Å². The van der Waals surface area contributed by atoms with E-state index >= 15 is 0 Å². The van der Waals surface area contributed by atoms with Crippen molar-refractivity contribution < 1.29 is 8.78 Å². The second-order valence-corrected chi connectivity index (χ2v) is 5.47. The first-order valence-corrected chi connectivity index (χ1v) is 7.41. The smallest absolute Gasteiger partial charge is 0.229 e. The molecule has 0 unspecified atom stereocenters. The Bertz CT molecular complexity index is 881. The van der Waals surface area contributed by atoms with Gasteiger partial charge < -0.3 is 10.6 Å². The Balaban J connectivity index is 1.84. The molecule has 0 spiro atoms. The lowest BCUT2D eigenvalue weighted by molar-refractivity contribution is 0.509. The molecule has 3 aromatic rings. The van der Waals surface area contributed by atoms with Crippen LogP contribution in [0.4, 0.5) is 31.9 Å². The van der Waals surface area contributed by atoms with Crippen molar-refractivity contribution in [3.05, 3.63) is 71.4 Å². The Labute approximate surface area is 138 Å². The Kier molecular flexibility index (Phi) is 4.37. The minimum atomic E-state index is -0.913. The molecule has 0 fully saturated rings.